The molecule has 3 heterocycles. The van der Waals surface area contributed by atoms with Gasteiger partial charge in [0.05, 0.1) is 11.9 Å². The summed E-state index contributed by atoms with van der Waals surface area (Å²) in [5, 5.41) is 10.5. The van der Waals surface area contributed by atoms with E-state index >= 15 is 0 Å². The topological polar surface area (TPSA) is 65.5 Å². The lowest BCUT2D eigenvalue weighted by molar-refractivity contribution is -0.192. The van der Waals surface area contributed by atoms with Gasteiger partial charge in [0.25, 0.3) is 0 Å². The fourth-order valence-electron chi connectivity index (χ4n) is 2.19. The van der Waals surface area contributed by atoms with E-state index in [1.807, 2.05) is 18.5 Å². The molecule has 0 amide bonds. The average Bonchev–Trinajstić information content (AvgIpc) is 2.26. The Labute approximate surface area is 113 Å². The van der Waals surface area contributed by atoms with E-state index in [2.05, 4.69) is 21.3 Å². The minimum absolute atomic E-state index is 0.607. The smallest absolute Gasteiger partial charge is 0.475 e. The maximum Gasteiger partial charge on any atom is 0.490 e. The van der Waals surface area contributed by atoms with Crippen LogP contribution in [-0.2, 0) is 4.79 Å². The molecule has 110 valence electrons. The number of carboxylic acids is 1. The van der Waals surface area contributed by atoms with Crippen molar-refractivity contribution < 1.29 is 23.1 Å². The van der Waals surface area contributed by atoms with Crippen molar-refractivity contribution in [3.63, 3.8) is 0 Å². The summed E-state index contributed by atoms with van der Waals surface area (Å²) in [6.45, 7) is 4.80. The maximum absolute atomic E-state index is 10.6. The van der Waals surface area contributed by atoms with Gasteiger partial charge in [-0.15, -0.1) is 0 Å². The van der Waals surface area contributed by atoms with Gasteiger partial charge in [0.15, 0.2) is 0 Å². The SMILES string of the molecule is O=C(O)C(F)(F)F.c1cncc(N2CC3(CNC3)C2)c1. The van der Waals surface area contributed by atoms with Crippen molar-refractivity contribution in [3.05, 3.63) is 24.5 Å². The van der Waals surface area contributed by atoms with E-state index in [1.165, 1.54) is 31.9 Å². The molecule has 2 aliphatic rings. The fraction of sp³-hybridized carbons (Fsp3) is 0.500. The zero-order valence-electron chi connectivity index (χ0n) is 10.5. The molecule has 0 aromatic carbocycles. The number of aliphatic carboxylic acids is 1. The molecule has 2 fully saturated rings. The molecular weight excluding hydrogens is 275 g/mol. The molecule has 1 aromatic heterocycles. The number of carboxylic acid groups (broad SMARTS) is 1. The van der Waals surface area contributed by atoms with Crippen molar-refractivity contribution in [1.29, 1.82) is 0 Å². The second-order valence-corrected chi connectivity index (χ2v) is 4.97. The Hall–Kier alpha value is -1.83. The summed E-state index contributed by atoms with van der Waals surface area (Å²) >= 11 is 0. The second kappa shape index (κ2) is 5.28. The lowest BCUT2D eigenvalue weighted by atomic mass is 9.74. The number of hydrogen-bond acceptors (Lipinski definition) is 4. The van der Waals surface area contributed by atoms with Crippen LogP contribution in [0.5, 0.6) is 0 Å². The van der Waals surface area contributed by atoms with Crippen LogP contribution in [0, 0.1) is 5.41 Å². The quantitative estimate of drug-likeness (QED) is 0.811. The van der Waals surface area contributed by atoms with Crippen LogP contribution in [0.2, 0.25) is 0 Å². The second-order valence-electron chi connectivity index (χ2n) is 4.97. The minimum Gasteiger partial charge on any atom is -0.475 e. The average molecular weight is 289 g/mol. The van der Waals surface area contributed by atoms with Gasteiger partial charge in [0.2, 0.25) is 0 Å². The van der Waals surface area contributed by atoms with Gasteiger partial charge in [-0.3, -0.25) is 4.98 Å². The number of rotatable bonds is 1. The lowest BCUT2D eigenvalue weighted by Crippen LogP contribution is -2.71. The summed E-state index contributed by atoms with van der Waals surface area (Å²) in [4.78, 5) is 15.4. The summed E-state index contributed by atoms with van der Waals surface area (Å²) in [5.74, 6) is -2.76. The Bertz CT molecular complexity index is 467. The molecule has 0 unspecified atom stereocenters. The van der Waals surface area contributed by atoms with Gasteiger partial charge in [-0.05, 0) is 12.1 Å². The molecule has 2 N–H and O–H groups in total. The van der Waals surface area contributed by atoms with Crippen LogP contribution in [0.4, 0.5) is 18.9 Å². The molecule has 0 atom stereocenters. The Morgan fingerprint density at radius 3 is 2.35 bits per heavy atom. The van der Waals surface area contributed by atoms with Crippen LogP contribution in [0.25, 0.3) is 0 Å². The van der Waals surface area contributed by atoms with Crippen LogP contribution in [0.1, 0.15) is 0 Å². The molecule has 8 heteroatoms. The van der Waals surface area contributed by atoms with E-state index in [0.717, 1.165) is 0 Å². The van der Waals surface area contributed by atoms with E-state index in [0.29, 0.717) is 5.41 Å². The molecule has 0 aliphatic carbocycles. The Kier molecular flexibility index (Phi) is 3.85. The number of alkyl halides is 3. The van der Waals surface area contributed by atoms with Gasteiger partial charge in [0, 0.05) is 37.8 Å². The molecule has 1 spiro atoms. The molecular formula is C12H14F3N3O2. The predicted octanol–water partition coefficient (Wildman–Crippen LogP) is 1.12. The first-order valence-corrected chi connectivity index (χ1v) is 5.98. The highest BCUT2D eigenvalue weighted by Gasteiger charge is 2.47. The van der Waals surface area contributed by atoms with Crippen molar-refractivity contribution in [1.82, 2.24) is 10.3 Å². The predicted molar refractivity (Wildman–Crippen MR) is 65.4 cm³/mol. The van der Waals surface area contributed by atoms with Gasteiger partial charge in [0.1, 0.15) is 0 Å². The van der Waals surface area contributed by atoms with Gasteiger partial charge in [-0.1, -0.05) is 0 Å². The molecule has 0 saturated carbocycles. The fourth-order valence-corrected chi connectivity index (χ4v) is 2.19. The Morgan fingerprint density at radius 2 is 2.00 bits per heavy atom. The Morgan fingerprint density at radius 1 is 1.40 bits per heavy atom. The Balaban J connectivity index is 0.000000182. The van der Waals surface area contributed by atoms with Gasteiger partial charge in [-0.25, -0.2) is 4.79 Å². The number of pyridine rings is 1. The van der Waals surface area contributed by atoms with Crippen LogP contribution >= 0.6 is 0 Å². The van der Waals surface area contributed by atoms with Crippen LogP contribution < -0.4 is 10.2 Å². The number of nitrogens with one attached hydrogen (secondary N) is 1. The highest BCUT2D eigenvalue weighted by atomic mass is 19.4. The van der Waals surface area contributed by atoms with Gasteiger partial charge in [-0.2, -0.15) is 13.2 Å². The zero-order valence-corrected chi connectivity index (χ0v) is 10.5. The third-order valence-electron chi connectivity index (χ3n) is 3.31. The number of anilines is 1. The maximum atomic E-state index is 10.6. The molecule has 0 radical (unpaired) electrons. The molecule has 2 saturated heterocycles. The first kappa shape index (κ1) is 14.6. The first-order valence-electron chi connectivity index (χ1n) is 5.98. The number of carbonyl (C=O) groups is 1. The molecule has 3 rings (SSSR count). The van der Waals surface area contributed by atoms with Crippen molar-refractivity contribution in [2.75, 3.05) is 31.1 Å². The molecule has 5 nitrogen and oxygen atoms in total. The third kappa shape index (κ3) is 3.19. The van der Waals surface area contributed by atoms with E-state index < -0.39 is 12.1 Å². The van der Waals surface area contributed by atoms with Crippen molar-refractivity contribution >= 4 is 11.7 Å². The number of aromatic nitrogens is 1. The van der Waals surface area contributed by atoms with Crippen molar-refractivity contribution in [2.24, 2.45) is 5.41 Å². The molecule has 20 heavy (non-hydrogen) atoms. The third-order valence-corrected chi connectivity index (χ3v) is 3.31. The van der Waals surface area contributed by atoms with E-state index in [4.69, 9.17) is 9.90 Å². The monoisotopic (exact) mass is 289 g/mol. The first-order chi connectivity index (χ1) is 9.32. The largest absolute Gasteiger partial charge is 0.490 e. The number of halogens is 3. The molecule has 2 aliphatic heterocycles. The van der Waals surface area contributed by atoms with E-state index in [-0.39, 0.29) is 0 Å². The van der Waals surface area contributed by atoms with Crippen LogP contribution in [0.3, 0.4) is 0 Å². The summed E-state index contributed by atoms with van der Waals surface area (Å²) in [6, 6.07) is 4.13. The number of nitrogens with zero attached hydrogens (tertiary/aromatic N) is 2. The van der Waals surface area contributed by atoms with Crippen LogP contribution in [0.15, 0.2) is 24.5 Å². The molecule has 1 aromatic rings. The lowest BCUT2D eigenvalue weighted by Gasteiger charge is -2.56. The summed E-state index contributed by atoms with van der Waals surface area (Å²) in [6.07, 6.45) is -1.32. The van der Waals surface area contributed by atoms with Crippen molar-refractivity contribution in [3.8, 4) is 0 Å². The van der Waals surface area contributed by atoms with Gasteiger partial charge >= 0.3 is 12.1 Å². The van der Waals surface area contributed by atoms with E-state index in [1.54, 1.807) is 0 Å². The highest BCUT2D eigenvalue weighted by Crippen LogP contribution is 2.36. The number of hydrogen-bond donors (Lipinski definition) is 2. The van der Waals surface area contributed by atoms with Crippen molar-refractivity contribution in [2.45, 2.75) is 6.18 Å². The zero-order chi connectivity index (χ0) is 14.8. The normalized spacial score (nSPS) is 19.4. The highest BCUT2D eigenvalue weighted by molar-refractivity contribution is 5.73. The van der Waals surface area contributed by atoms with Gasteiger partial charge < -0.3 is 15.3 Å². The van der Waals surface area contributed by atoms with Crippen LogP contribution in [-0.4, -0.2) is 48.4 Å². The summed E-state index contributed by atoms with van der Waals surface area (Å²) < 4.78 is 31.7. The summed E-state index contributed by atoms with van der Waals surface area (Å²) in [7, 11) is 0. The molecule has 0 bridgehead atoms. The van der Waals surface area contributed by atoms with E-state index in [9.17, 15) is 13.2 Å². The standard InChI is InChI=1S/C10H13N3.C2HF3O2/c1-2-9(4-11-3-1)13-7-10(8-13)5-12-6-10;3-2(4,5)1(6)7/h1-4,12H,5-8H2;(H,6,7). The minimum atomic E-state index is -5.08. The summed E-state index contributed by atoms with van der Waals surface area (Å²) in [5.41, 5.74) is 1.87.